The number of alkyl halides is 1. The fourth-order valence-electron chi connectivity index (χ4n) is 2.56. The molecular formula is C15H20Cl2O. The molecule has 100 valence electrons. The highest BCUT2D eigenvalue weighted by Gasteiger charge is 2.30. The van der Waals surface area contributed by atoms with Gasteiger partial charge in [0.2, 0.25) is 0 Å². The summed E-state index contributed by atoms with van der Waals surface area (Å²) in [5, 5.41) is 1.00. The van der Waals surface area contributed by atoms with Crippen molar-refractivity contribution in [3.05, 3.63) is 34.9 Å². The van der Waals surface area contributed by atoms with Crippen molar-refractivity contribution >= 4 is 23.2 Å². The molecule has 3 heteroatoms. The molecule has 1 saturated carbocycles. The van der Waals surface area contributed by atoms with Gasteiger partial charge in [0.25, 0.3) is 0 Å². The fourth-order valence-corrected chi connectivity index (χ4v) is 3.12. The quantitative estimate of drug-likeness (QED) is 0.689. The summed E-state index contributed by atoms with van der Waals surface area (Å²) >= 11 is 12.3. The van der Waals surface area contributed by atoms with Crippen LogP contribution in [0.5, 0.6) is 0 Å². The first-order valence-electron chi connectivity index (χ1n) is 6.67. The van der Waals surface area contributed by atoms with E-state index in [1.54, 1.807) is 0 Å². The molecule has 2 rings (SSSR count). The predicted octanol–water partition coefficient (Wildman–Crippen LogP) is 4.70. The molecule has 18 heavy (non-hydrogen) atoms. The second-order valence-corrected chi connectivity index (χ2v) is 6.13. The third kappa shape index (κ3) is 4.15. The summed E-state index contributed by atoms with van der Waals surface area (Å²) in [5.41, 5.74) is 1.26. The molecule has 0 saturated heterocycles. The maximum absolute atomic E-state index is 6.41. The summed E-state index contributed by atoms with van der Waals surface area (Å²) in [6.45, 7) is 2.88. The van der Waals surface area contributed by atoms with Crippen molar-refractivity contribution in [2.75, 3.05) is 6.61 Å². The van der Waals surface area contributed by atoms with E-state index >= 15 is 0 Å². The molecule has 1 atom stereocenters. The van der Waals surface area contributed by atoms with Gasteiger partial charge in [-0.15, -0.1) is 11.6 Å². The molecule has 1 unspecified atom stereocenters. The summed E-state index contributed by atoms with van der Waals surface area (Å²) in [7, 11) is 0. The van der Waals surface area contributed by atoms with E-state index in [1.807, 2.05) is 12.1 Å². The van der Waals surface area contributed by atoms with E-state index in [1.165, 1.54) is 18.4 Å². The van der Waals surface area contributed by atoms with E-state index < -0.39 is 0 Å². The van der Waals surface area contributed by atoms with Gasteiger partial charge in [-0.1, -0.05) is 23.7 Å². The summed E-state index contributed by atoms with van der Waals surface area (Å²) in [4.78, 5) is 0. The Balaban J connectivity index is 1.70. The van der Waals surface area contributed by atoms with E-state index in [-0.39, 0.29) is 5.38 Å². The van der Waals surface area contributed by atoms with Crippen molar-refractivity contribution in [2.24, 2.45) is 5.92 Å². The van der Waals surface area contributed by atoms with Crippen molar-refractivity contribution < 1.29 is 4.74 Å². The summed E-state index contributed by atoms with van der Waals surface area (Å²) in [6.07, 6.45) is 4.86. The van der Waals surface area contributed by atoms with Gasteiger partial charge >= 0.3 is 0 Å². The van der Waals surface area contributed by atoms with Crippen LogP contribution < -0.4 is 0 Å². The normalized spacial score (nSPS) is 24.6. The molecule has 1 aromatic rings. The molecular weight excluding hydrogens is 267 g/mol. The first-order valence-corrected chi connectivity index (χ1v) is 7.49. The van der Waals surface area contributed by atoms with Crippen molar-refractivity contribution in [1.82, 2.24) is 0 Å². The standard InChI is InChI=1S/C15H20Cl2O/c1-2-18-15-9-12(10-15)8-14(17)7-11-3-5-13(16)6-4-11/h3-6,12,14-15H,2,7-10H2,1H3. The molecule has 1 aliphatic rings. The van der Waals surface area contributed by atoms with Gasteiger partial charge in [-0.3, -0.25) is 0 Å². The third-order valence-electron chi connectivity index (χ3n) is 3.55. The zero-order valence-corrected chi connectivity index (χ0v) is 12.3. The van der Waals surface area contributed by atoms with E-state index in [0.29, 0.717) is 6.10 Å². The van der Waals surface area contributed by atoms with Crippen LogP contribution in [0, 0.1) is 5.92 Å². The Morgan fingerprint density at radius 3 is 2.56 bits per heavy atom. The minimum atomic E-state index is 0.221. The number of halogens is 2. The Bertz CT molecular complexity index is 357. The molecule has 0 amide bonds. The van der Waals surface area contributed by atoms with Crippen LogP contribution in [0.25, 0.3) is 0 Å². The van der Waals surface area contributed by atoms with Crippen LogP contribution in [0.1, 0.15) is 31.7 Å². The predicted molar refractivity (Wildman–Crippen MR) is 77.6 cm³/mol. The van der Waals surface area contributed by atoms with E-state index in [9.17, 15) is 0 Å². The second-order valence-electron chi connectivity index (χ2n) is 5.08. The number of ether oxygens (including phenoxy) is 1. The SMILES string of the molecule is CCOC1CC(CC(Cl)Cc2ccc(Cl)cc2)C1. The zero-order chi connectivity index (χ0) is 13.0. The fraction of sp³-hybridized carbons (Fsp3) is 0.600. The van der Waals surface area contributed by atoms with Gasteiger partial charge in [-0.25, -0.2) is 0 Å². The highest BCUT2D eigenvalue weighted by Crippen LogP contribution is 2.35. The molecule has 1 aliphatic carbocycles. The van der Waals surface area contributed by atoms with E-state index in [4.69, 9.17) is 27.9 Å². The molecule has 0 spiro atoms. The largest absolute Gasteiger partial charge is 0.378 e. The lowest BCUT2D eigenvalue weighted by atomic mass is 9.78. The monoisotopic (exact) mass is 286 g/mol. The lowest BCUT2D eigenvalue weighted by molar-refractivity contribution is -0.0266. The summed E-state index contributed by atoms with van der Waals surface area (Å²) < 4.78 is 5.56. The average Bonchev–Trinajstić information content (AvgIpc) is 2.29. The van der Waals surface area contributed by atoms with Gasteiger partial charge in [0.1, 0.15) is 0 Å². The topological polar surface area (TPSA) is 9.23 Å². The molecule has 1 aromatic carbocycles. The van der Waals surface area contributed by atoms with Crippen molar-refractivity contribution in [3.8, 4) is 0 Å². The van der Waals surface area contributed by atoms with Crippen LogP contribution in [0.3, 0.4) is 0 Å². The number of hydrogen-bond acceptors (Lipinski definition) is 1. The molecule has 0 aliphatic heterocycles. The van der Waals surface area contributed by atoms with Gasteiger partial charge < -0.3 is 4.74 Å². The van der Waals surface area contributed by atoms with E-state index in [0.717, 1.165) is 30.4 Å². The number of rotatable bonds is 6. The van der Waals surface area contributed by atoms with Crippen LogP contribution in [-0.4, -0.2) is 18.1 Å². The maximum Gasteiger partial charge on any atom is 0.0580 e. The van der Waals surface area contributed by atoms with Crippen molar-refractivity contribution in [2.45, 2.75) is 44.1 Å². The highest BCUT2D eigenvalue weighted by atomic mass is 35.5. The Morgan fingerprint density at radius 2 is 1.94 bits per heavy atom. The third-order valence-corrected chi connectivity index (χ3v) is 4.14. The van der Waals surface area contributed by atoms with Crippen molar-refractivity contribution in [1.29, 1.82) is 0 Å². The summed E-state index contributed by atoms with van der Waals surface area (Å²) in [6, 6.07) is 7.97. The zero-order valence-electron chi connectivity index (χ0n) is 10.7. The van der Waals surface area contributed by atoms with Crippen molar-refractivity contribution in [3.63, 3.8) is 0 Å². The molecule has 0 heterocycles. The Kier molecular flexibility index (Phi) is 5.35. The van der Waals surface area contributed by atoms with Gasteiger partial charge in [-0.05, 0) is 56.2 Å². The molecule has 1 nitrogen and oxygen atoms in total. The van der Waals surface area contributed by atoms with Gasteiger partial charge in [0.05, 0.1) is 6.10 Å². The van der Waals surface area contributed by atoms with Crippen LogP contribution in [0.4, 0.5) is 0 Å². The molecule has 0 aromatic heterocycles. The Hall–Kier alpha value is -0.240. The first-order chi connectivity index (χ1) is 8.67. The lowest BCUT2D eigenvalue weighted by Crippen LogP contribution is -2.33. The van der Waals surface area contributed by atoms with Gasteiger partial charge in [0, 0.05) is 17.0 Å². The molecule has 0 bridgehead atoms. The minimum Gasteiger partial charge on any atom is -0.378 e. The second kappa shape index (κ2) is 6.79. The van der Waals surface area contributed by atoms with Crippen LogP contribution in [-0.2, 0) is 11.2 Å². The number of hydrogen-bond donors (Lipinski definition) is 0. The first kappa shape index (κ1) is 14.2. The maximum atomic E-state index is 6.41. The van der Waals surface area contributed by atoms with Crippen LogP contribution >= 0.6 is 23.2 Å². The highest BCUT2D eigenvalue weighted by molar-refractivity contribution is 6.30. The van der Waals surface area contributed by atoms with Gasteiger partial charge in [0.15, 0.2) is 0 Å². The minimum absolute atomic E-state index is 0.221. The van der Waals surface area contributed by atoms with Crippen LogP contribution in [0.2, 0.25) is 5.02 Å². The number of benzene rings is 1. The average molecular weight is 287 g/mol. The molecule has 0 radical (unpaired) electrons. The van der Waals surface area contributed by atoms with Gasteiger partial charge in [-0.2, -0.15) is 0 Å². The van der Waals surface area contributed by atoms with E-state index in [2.05, 4.69) is 19.1 Å². The lowest BCUT2D eigenvalue weighted by Gasteiger charge is -2.36. The molecule has 1 fully saturated rings. The van der Waals surface area contributed by atoms with Crippen LogP contribution in [0.15, 0.2) is 24.3 Å². The smallest absolute Gasteiger partial charge is 0.0580 e. The Morgan fingerprint density at radius 1 is 1.28 bits per heavy atom. The summed E-state index contributed by atoms with van der Waals surface area (Å²) in [5.74, 6) is 0.747. The Labute approximate surface area is 119 Å². The molecule has 0 N–H and O–H groups in total.